The first-order valence-corrected chi connectivity index (χ1v) is 7.94. The van der Waals surface area contributed by atoms with E-state index < -0.39 is 0 Å². The van der Waals surface area contributed by atoms with Crippen LogP contribution in [0, 0.1) is 6.92 Å². The van der Waals surface area contributed by atoms with Gasteiger partial charge in [-0.2, -0.15) is 6.42 Å². The standard InChI is InChI=1S/C19H26NO2.Y/c1-4-5-6-7-12-20-17(13-18(20)22)15-8-10-16(11-9-15)19(2,3)14-21;/h6-11,17,21H,1,4-5,12-14H2,2-3H3;/q-1;/b7-6-;/t17-;/m1./s1. The number of likely N-dealkylation sites (tertiary alicyclic amines) is 1. The van der Waals surface area contributed by atoms with Crippen molar-refractivity contribution in [3.63, 3.8) is 0 Å². The first kappa shape index (κ1) is 20.5. The third-order valence-electron chi connectivity index (χ3n) is 4.38. The number of carbonyl (C=O) groups is 1. The van der Waals surface area contributed by atoms with E-state index >= 15 is 0 Å². The molecule has 0 aromatic heterocycles. The van der Waals surface area contributed by atoms with Crippen molar-refractivity contribution in [1.29, 1.82) is 0 Å². The maximum Gasteiger partial charge on any atom is 0.225 e. The molecule has 3 nitrogen and oxygen atoms in total. The average Bonchev–Trinajstić information content (AvgIpc) is 2.52. The minimum Gasteiger partial charge on any atom is -0.395 e. The second-order valence-electron chi connectivity index (χ2n) is 6.54. The van der Waals surface area contributed by atoms with Crippen LogP contribution in [0.4, 0.5) is 0 Å². The van der Waals surface area contributed by atoms with E-state index in [1.807, 2.05) is 18.7 Å². The first-order chi connectivity index (χ1) is 10.5. The number of aliphatic hydroxyl groups excluding tert-OH is 1. The Morgan fingerprint density at radius 2 is 1.96 bits per heavy atom. The first-order valence-electron chi connectivity index (χ1n) is 7.94. The molecule has 1 fully saturated rings. The van der Waals surface area contributed by atoms with Crippen LogP contribution in [-0.4, -0.2) is 29.1 Å². The van der Waals surface area contributed by atoms with Gasteiger partial charge >= 0.3 is 0 Å². The Hall–Kier alpha value is -0.506. The summed E-state index contributed by atoms with van der Waals surface area (Å²) in [4.78, 5) is 13.7. The van der Waals surface area contributed by atoms with E-state index in [9.17, 15) is 9.90 Å². The molecule has 0 aliphatic carbocycles. The van der Waals surface area contributed by atoms with Gasteiger partial charge in [0.2, 0.25) is 5.91 Å². The van der Waals surface area contributed by atoms with E-state index in [4.69, 9.17) is 0 Å². The Labute approximate surface area is 165 Å². The summed E-state index contributed by atoms with van der Waals surface area (Å²) in [6.45, 7) is 8.64. The zero-order valence-corrected chi connectivity index (χ0v) is 17.0. The summed E-state index contributed by atoms with van der Waals surface area (Å²) in [7, 11) is 0. The molecule has 4 heteroatoms. The number of carbonyl (C=O) groups excluding carboxylic acids is 1. The molecule has 123 valence electrons. The van der Waals surface area contributed by atoms with Crippen LogP contribution in [0.5, 0.6) is 0 Å². The zero-order chi connectivity index (χ0) is 16.2. The van der Waals surface area contributed by atoms with Crippen molar-refractivity contribution in [2.45, 2.75) is 44.6 Å². The number of nitrogens with zero attached hydrogens (tertiary/aromatic N) is 1. The molecule has 1 atom stereocenters. The Morgan fingerprint density at radius 1 is 1.30 bits per heavy atom. The van der Waals surface area contributed by atoms with Crippen LogP contribution >= 0.6 is 0 Å². The minimum atomic E-state index is -0.232. The van der Waals surface area contributed by atoms with Crippen molar-refractivity contribution in [3.05, 3.63) is 54.5 Å². The van der Waals surface area contributed by atoms with Gasteiger partial charge in [-0.1, -0.05) is 56.7 Å². The number of unbranched alkanes of at least 4 members (excludes halogenated alkanes) is 1. The van der Waals surface area contributed by atoms with Crippen molar-refractivity contribution < 1.29 is 42.6 Å². The monoisotopic (exact) mass is 389 g/mol. The number of amides is 1. The molecule has 1 aromatic rings. The van der Waals surface area contributed by atoms with E-state index in [1.54, 1.807) is 0 Å². The van der Waals surface area contributed by atoms with Gasteiger partial charge in [-0.15, -0.1) is 0 Å². The predicted octanol–water partition coefficient (Wildman–Crippen LogP) is 3.40. The van der Waals surface area contributed by atoms with Gasteiger partial charge in [-0.25, -0.2) is 0 Å². The number of aliphatic hydroxyl groups is 1. The van der Waals surface area contributed by atoms with E-state index in [1.165, 1.54) is 5.56 Å². The molecule has 1 heterocycles. The molecule has 0 saturated carbocycles. The van der Waals surface area contributed by atoms with Crippen molar-refractivity contribution >= 4 is 5.91 Å². The Bertz CT molecular complexity index is 537. The summed E-state index contributed by atoms with van der Waals surface area (Å²) >= 11 is 0. The molecule has 2 rings (SSSR count). The van der Waals surface area contributed by atoms with Gasteiger partial charge in [-0.3, -0.25) is 4.79 Å². The Kier molecular flexibility index (Phi) is 8.13. The van der Waals surface area contributed by atoms with Crippen LogP contribution in [0.2, 0.25) is 0 Å². The maximum atomic E-state index is 11.8. The van der Waals surface area contributed by atoms with Crippen LogP contribution in [0.25, 0.3) is 0 Å². The average molecular weight is 389 g/mol. The van der Waals surface area contributed by atoms with Gasteiger partial charge in [0.15, 0.2) is 0 Å². The number of rotatable bonds is 7. The van der Waals surface area contributed by atoms with Crippen LogP contribution in [0.3, 0.4) is 0 Å². The SMILES string of the molecule is [CH2-]CC/C=C\CN1C(=O)C[C@@H]1c1ccc(C(C)(C)CO)cc1.[Y]. The predicted molar refractivity (Wildman–Crippen MR) is 89.4 cm³/mol. The van der Waals surface area contributed by atoms with Gasteiger partial charge < -0.3 is 16.9 Å². The number of allylic oxidation sites excluding steroid dienone is 1. The fraction of sp³-hybridized carbons (Fsp3) is 0.474. The third-order valence-corrected chi connectivity index (χ3v) is 4.38. The fourth-order valence-corrected chi connectivity index (χ4v) is 2.65. The fourth-order valence-electron chi connectivity index (χ4n) is 2.65. The van der Waals surface area contributed by atoms with Gasteiger partial charge in [0.1, 0.15) is 0 Å². The molecule has 1 saturated heterocycles. The van der Waals surface area contributed by atoms with Gasteiger partial charge in [-0.05, 0) is 11.1 Å². The maximum absolute atomic E-state index is 11.8. The molecule has 0 unspecified atom stereocenters. The minimum absolute atomic E-state index is 0. The van der Waals surface area contributed by atoms with E-state index in [0.717, 1.165) is 18.4 Å². The molecule has 23 heavy (non-hydrogen) atoms. The van der Waals surface area contributed by atoms with Crippen LogP contribution in [0.15, 0.2) is 36.4 Å². The summed E-state index contributed by atoms with van der Waals surface area (Å²) in [5.74, 6) is 0.212. The normalized spacial score (nSPS) is 18.0. The van der Waals surface area contributed by atoms with Crippen molar-refractivity contribution in [3.8, 4) is 0 Å². The number of β-lactam (4-membered cyclic amide) rings is 1. The summed E-state index contributed by atoms with van der Waals surface area (Å²) < 4.78 is 0. The molecule has 0 bridgehead atoms. The van der Waals surface area contributed by atoms with E-state index in [0.29, 0.717) is 13.0 Å². The van der Waals surface area contributed by atoms with Gasteiger partial charge in [0.05, 0.1) is 19.1 Å². The second-order valence-corrected chi connectivity index (χ2v) is 6.54. The summed E-state index contributed by atoms with van der Waals surface area (Å²) in [6.07, 6.45) is 6.57. The Balaban J connectivity index is 0.00000264. The molecular weight excluding hydrogens is 363 g/mol. The molecule has 1 amide bonds. The quantitative estimate of drug-likeness (QED) is 0.441. The zero-order valence-electron chi connectivity index (χ0n) is 14.2. The number of hydrogen-bond donors (Lipinski definition) is 1. The number of hydrogen-bond acceptors (Lipinski definition) is 2. The van der Waals surface area contributed by atoms with E-state index in [2.05, 4.69) is 43.3 Å². The summed E-state index contributed by atoms with van der Waals surface area (Å²) in [6, 6.07) is 8.46. The molecule has 1 aromatic carbocycles. The van der Waals surface area contributed by atoms with Crippen molar-refractivity contribution in [2.24, 2.45) is 0 Å². The summed E-state index contributed by atoms with van der Waals surface area (Å²) in [5, 5.41) is 9.44. The van der Waals surface area contributed by atoms with Crippen LogP contribution in [-0.2, 0) is 42.9 Å². The topological polar surface area (TPSA) is 40.5 Å². The van der Waals surface area contributed by atoms with Gasteiger partial charge in [0.25, 0.3) is 0 Å². The largest absolute Gasteiger partial charge is 0.395 e. The van der Waals surface area contributed by atoms with Gasteiger partial charge in [0, 0.05) is 44.7 Å². The van der Waals surface area contributed by atoms with E-state index in [-0.39, 0.29) is 56.7 Å². The molecule has 0 spiro atoms. The third kappa shape index (κ3) is 4.98. The molecule has 1 radical (unpaired) electrons. The molecule has 1 aliphatic rings. The molecule has 1 N–H and O–H groups in total. The summed E-state index contributed by atoms with van der Waals surface area (Å²) in [5.41, 5.74) is 2.05. The second kappa shape index (κ2) is 9.10. The number of benzene rings is 1. The van der Waals surface area contributed by atoms with Crippen LogP contribution in [0.1, 0.15) is 50.3 Å². The van der Waals surface area contributed by atoms with Crippen molar-refractivity contribution in [2.75, 3.05) is 13.2 Å². The molecular formula is C19H26NO2Y-. The van der Waals surface area contributed by atoms with Crippen LogP contribution < -0.4 is 0 Å². The Morgan fingerprint density at radius 3 is 2.48 bits per heavy atom. The molecule has 1 aliphatic heterocycles. The smallest absolute Gasteiger partial charge is 0.225 e. The van der Waals surface area contributed by atoms with Crippen molar-refractivity contribution in [1.82, 2.24) is 4.90 Å².